The minimum absolute atomic E-state index is 0.0474. The molecule has 1 aromatic heterocycles. The molecule has 4 nitrogen and oxygen atoms in total. The van der Waals surface area contributed by atoms with E-state index in [-0.39, 0.29) is 6.10 Å². The third kappa shape index (κ3) is 1.69. The standard InChI is InChI=1S/C8H12ClN3O/c1-12-10-5-7(11-12)8-6(4-9)2-3-13-8/h5-6,8H,2-4H2,1H3. The molecule has 2 unspecified atom stereocenters. The molecule has 0 aromatic carbocycles. The maximum absolute atomic E-state index is 5.82. The van der Waals surface area contributed by atoms with Crippen LogP contribution in [0.2, 0.25) is 0 Å². The molecule has 1 saturated heterocycles. The number of aryl methyl sites for hydroxylation is 1. The molecule has 1 fully saturated rings. The van der Waals surface area contributed by atoms with Gasteiger partial charge in [-0.15, -0.1) is 11.6 Å². The molecular formula is C8H12ClN3O. The second-order valence-corrected chi connectivity index (χ2v) is 3.56. The summed E-state index contributed by atoms with van der Waals surface area (Å²) >= 11 is 5.82. The summed E-state index contributed by atoms with van der Waals surface area (Å²) in [6.45, 7) is 0.776. The fraction of sp³-hybridized carbons (Fsp3) is 0.750. The molecule has 2 rings (SSSR count). The third-order valence-electron chi connectivity index (χ3n) is 2.32. The number of alkyl halides is 1. The number of nitrogens with zero attached hydrogens (tertiary/aromatic N) is 3. The summed E-state index contributed by atoms with van der Waals surface area (Å²) < 4.78 is 5.56. The smallest absolute Gasteiger partial charge is 0.112 e. The van der Waals surface area contributed by atoms with Crippen molar-refractivity contribution in [3.05, 3.63) is 11.9 Å². The zero-order valence-electron chi connectivity index (χ0n) is 7.48. The Hall–Kier alpha value is -0.610. The monoisotopic (exact) mass is 201 g/mol. The lowest BCUT2D eigenvalue weighted by Gasteiger charge is -2.12. The number of rotatable bonds is 2. The molecule has 0 spiro atoms. The molecule has 0 aliphatic carbocycles. The summed E-state index contributed by atoms with van der Waals surface area (Å²) in [6.07, 6.45) is 2.81. The summed E-state index contributed by atoms with van der Waals surface area (Å²) in [5.41, 5.74) is 0.894. The molecule has 13 heavy (non-hydrogen) atoms. The predicted molar refractivity (Wildman–Crippen MR) is 48.5 cm³/mol. The van der Waals surface area contributed by atoms with E-state index >= 15 is 0 Å². The zero-order valence-corrected chi connectivity index (χ0v) is 8.24. The maximum atomic E-state index is 5.82. The van der Waals surface area contributed by atoms with Crippen LogP contribution >= 0.6 is 11.6 Å². The normalized spacial score (nSPS) is 28.2. The molecule has 0 amide bonds. The summed E-state index contributed by atoms with van der Waals surface area (Å²) in [5, 5.41) is 8.23. The highest BCUT2D eigenvalue weighted by Crippen LogP contribution is 2.33. The molecular weight excluding hydrogens is 190 g/mol. The van der Waals surface area contributed by atoms with Gasteiger partial charge in [0, 0.05) is 25.5 Å². The van der Waals surface area contributed by atoms with Crippen LogP contribution in [-0.4, -0.2) is 27.5 Å². The van der Waals surface area contributed by atoms with Gasteiger partial charge in [-0.05, 0) is 6.42 Å². The van der Waals surface area contributed by atoms with E-state index in [0.29, 0.717) is 11.8 Å². The van der Waals surface area contributed by atoms with Gasteiger partial charge in [0.2, 0.25) is 0 Å². The van der Waals surface area contributed by atoms with Crippen molar-refractivity contribution in [2.24, 2.45) is 13.0 Å². The highest BCUT2D eigenvalue weighted by atomic mass is 35.5. The summed E-state index contributed by atoms with van der Waals surface area (Å²) in [6, 6.07) is 0. The van der Waals surface area contributed by atoms with Crippen molar-refractivity contribution < 1.29 is 4.74 Å². The highest BCUT2D eigenvalue weighted by Gasteiger charge is 2.30. The lowest BCUT2D eigenvalue weighted by molar-refractivity contribution is 0.0912. The first-order valence-electron chi connectivity index (χ1n) is 4.35. The SMILES string of the molecule is Cn1ncc(C2OCCC2CCl)n1. The molecule has 0 saturated carbocycles. The summed E-state index contributed by atoms with van der Waals surface area (Å²) in [4.78, 5) is 1.54. The molecule has 1 aromatic rings. The van der Waals surface area contributed by atoms with Gasteiger partial charge in [0.15, 0.2) is 0 Å². The first-order valence-corrected chi connectivity index (χ1v) is 4.88. The van der Waals surface area contributed by atoms with E-state index in [1.165, 1.54) is 0 Å². The first kappa shape index (κ1) is 8.97. The van der Waals surface area contributed by atoms with Crippen molar-refractivity contribution in [3.63, 3.8) is 0 Å². The number of halogens is 1. The molecule has 72 valence electrons. The maximum Gasteiger partial charge on any atom is 0.112 e. The summed E-state index contributed by atoms with van der Waals surface area (Å²) in [7, 11) is 1.80. The Morgan fingerprint density at radius 3 is 3.23 bits per heavy atom. The Bertz CT molecular complexity index is 289. The molecule has 2 heterocycles. The van der Waals surface area contributed by atoms with Gasteiger partial charge in [-0.3, -0.25) is 0 Å². The largest absolute Gasteiger partial charge is 0.371 e. The van der Waals surface area contributed by atoms with Gasteiger partial charge in [0.25, 0.3) is 0 Å². The van der Waals surface area contributed by atoms with Crippen molar-refractivity contribution in [2.75, 3.05) is 12.5 Å². The van der Waals surface area contributed by atoms with Crippen molar-refractivity contribution in [1.29, 1.82) is 0 Å². The van der Waals surface area contributed by atoms with E-state index in [1.807, 2.05) is 0 Å². The van der Waals surface area contributed by atoms with Crippen LogP contribution in [0.5, 0.6) is 0 Å². The van der Waals surface area contributed by atoms with Crippen LogP contribution in [0.15, 0.2) is 6.20 Å². The molecule has 0 bridgehead atoms. The quantitative estimate of drug-likeness (QED) is 0.674. The number of ether oxygens (including phenoxy) is 1. The number of aromatic nitrogens is 3. The van der Waals surface area contributed by atoms with E-state index in [9.17, 15) is 0 Å². The predicted octanol–water partition coefficient (Wildman–Crippen LogP) is 1.13. The van der Waals surface area contributed by atoms with Crippen molar-refractivity contribution in [3.8, 4) is 0 Å². The number of hydrogen-bond donors (Lipinski definition) is 0. The molecule has 1 aliphatic rings. The topological polar surface area (TPSA) is 39.9 Å². The average molecular weight is 202 g/mol. The van der Waals surface area contributed by atoms with E-state index in [0.717, 1.165) is 18.7 Å². The fourth-order valence-electron chi connectivity index (χ4n) is 1.61. The Morgan fingerprint density at radius 1 is 1.77 bits per heavy atom. The molecule has 5 heteroatoms. The van der Waals surface area contributed by atoms with Gasteiger partial charge in [0.05, 0.1) is 6.20 Å². The lowest BCUT2D eigenvalue weighted by atomic mass is 10.0. The third-order valence-corrected chi connectivity index (χ3v) is 2.72. The van der Waals surface area contributed by atoms with Crippen LogP contribution in [0.1, 0.15) is 18.2 Å². The molecule has 0 N–H and O–H groups in total. The molecule has 1 aliphatic heterocycles. The van der Waals surface area contributed by atoms with Gasteiger partial charge in [-0.1, -0.05) is 0 Å². The van der Waals surface area contributed by atoms with Crippen LogP contribution in [0.25, 0.3) is 0 Å². The van der Waals surface area contributed by atoms with Gasteiger partial charge < -0.3 is 4.74 Å². The summed E-state index contributed by atoms with van der Waals surface area (Å²) in [5.74, 6) is 1.01. The van der Waals surface area contributed by atoms with Gasteiger partial charge in [0.1, 0.15) is 11.8 Å². The van der Waals surface area contributed by atoms with Gasteiger partial charge in [-0.25, -0.2) is 0 Å². The van der Waals surface area contributed by atoms with Gasteiger partial charge in [-0.2, -0.15) is 15.0 Å². The first-order chi connectivity index (χ1) is 6.31. The number of hydrogen-bond acceptors (Lipinski definition) is 3. The second kappa shape index (κ2) is 3.64. The molecule has 2 atom stereocenters. The zero-order chi connectivity index (χ0) is 9.26. The fourth-order valence-corrected chi connectivity index (χ4v) is 1.93. The second-order valence-electron chi connectivity index (χ2n) is 3.25. The minimum atomic E-state index is 0.0474. The van der Waals surface area contributed by atoms with E-state index in [1.54, 1.807) is 18.0 Å². The lowest BCUT2D eigenvalue weighted by Crippen LogP contribution is -2.09. The van der Waals surface area contributed by atoms with E-state index in [4.69, 9.17) is 16.3 Å². The van der Waals surface area contributed by atoms with Gasteiger partial charge >= 0.3 is 0 Å². The minimum Gasteiger partial charge on any atom is -0.371 e. The van der Waals surface area contributed by atoms with Crippen molar-refractivity contribution in [2.45, 2.75) is 12.5 Å². The van der Waals surface area contributed by atoms with E-state index < -0.39 is 0 Å². The Balaban J connectivity index is 2.15. The highest BCUT2D eigenvalue weighted by molar-refractivity contribution is 6.18. The Kier molecular flexibility index (Phi) is 2.51. The molecule has 0 radical (unpaired) electrons. The van der Waals surface area contributed by atoms with Crippen LogP contribution in [-0.2, 0) is 11.8 Å². The van der Waals surface area contributed by atoms with Crippen LogP contribution in [0.3, 0.4) is 0 Å². The Labute approximate surface area is 81.8 Å². The van der Waals surface area contributed by atoms with Crippen LogP contribution < -0.4 is 0 Å². The Morgan fingerprint density at radius 2 is 2.62 bits per heavy atom. The van der Waals surface area contributed by atoms with E-state index in [2.05, 4.69) is 10.2 Å². The van der Waals surface area contributed by atoms with Crippen LogP contribution in [0.4, 0.5) is 0 Å². The van der Waals surface area contributed by atoms with Crippen molar-refractivity contribution in [1.82, 2.24) is 15.0 Å². The van der Waals surface area contributed by atoms with Crippen molar-refractivity contribution >= 4 is 11.6 Å². The average Bonchev–Trinajstić information content (AvgIpc) is 2.71. The van der Waals surface area contributed by atoms with Crippen LogP contribution in [0, 0.1) is 5.92 Å².